The van der Waals surface area contributed by atoms with Crippen molar-refractivity contribution in [3.05, 3.63) is 53.4 Å². The van der Waals surface area contributed by atoms with E-state index in [0.717, 1.165) is 32.1 Å². The fourth-order valence-corrected chi connectivity index (χ4v) is 5.04. The number of amides is 1. The van der Waals surface area contributed by atoms with E-state index in [1.165, 1.54) is 30.5 Å². The molecule has 0 saturated heterocycles. The fourth-order valence-electron chi connectivity index (χ4n) is 3.33. The molecule has 0 radical (unpaired) electrons. The lowest BCUT2D eigenvalue weighted by Gasteiger charge is -2.22. The average molecular weight is 396 g/mol. The minimum absolute atomic E-state index is 0.0200. The molecular formula is C19H22ClNO4S. The maximum Gasteiger partial charge on any atom is 0.223 e. The van der Waals surface area contributed by atoms with Crippen LogP contribution in [0.4, 0.5) is 0 Å². The molecule has 1 N–H and O–H groups in total. The van der Waals surface area contributed by atoms with Crippen molar-refractivity contribution in [2.24, 2.45) is 5.92 Å². The highest BCUT2D eigenvalue weighted by Gasteiger charge is 2.32. The topological polar surface area (TPSA) is 76.4 Å². The van der Waals surface area contributed by atoms with Gasteiger partial charge in [-0.15, -0.1) is 0 Å². The van der Waals surface area contributed by atoms with Gasteiger partial charge in [-0.1, -0.05) is 30.9 Å². The smallest absolute Gasteiger partial charge is 0.223 e. The number of benzene rings is 1. The Morgan fingerprint density at radius 1 is 1.15 bits per heavy atom. The predicted molar refractivity (Wildman–Crippen MR) is 99.7 cm³/mol. The van der Waals surface area contributed by atoms with E-state index in [1.807, 2.05) is 0 Å². The molecule has 1 saturated carbocycles. The minimum atomic E-state index is -3.73. The molecule has 1 heterocycles. The van der Waals surface area contributed by atoms with Crippen LogP contribution in [0.25, 0.3) is 0 Å². The lowest BCUT2D eigenvalue weighted by Crippen LogP contribution is -2.36. The van der Waals surface area contributed by atoms with Crippen LogP contribution in [0.2, 0.25) is 5.02 Å². The summed E-state index contributed by atoms with van der Waals surface area (Å²) < 4.78 is 31.5. The monoisotopic (exact) mass is 395 g/mol. The first-order valence-electron chi connectivity index (χ1n) is 8.79. The summed E-state index contributed by atoms with van der Waals surface area (Å²) in [5.74, 6) is 0.204. The molecule has 1 aliphatic rings. The van der Waals surface area contributed by atoms with Gasteiger partial charge in [-0.3, -0.25) is 4.79 Å². The predicted octanol–water partition coefficient (Wildman–Crippen LogP) is 4.14. The zero-order valence-corrected chi connectivity index (χ0v) is 15.9. The Bertz CT molecular complexity index is 825. The summed E-state index contributed by atoms with van der Waals surface area (Å²) in [6.45, 7) is -0.0200. The summed E-state index contributed by atoms with van der Waals surface area (Å²) in [4.78, 5) is 12.6. The molecule has 1 amide bonds. The largest absolute Gasteiger partial charge is 0.468 e. The van der Waals surface area contributed by atoms with E-state index in [-0.39, 0.29) is 23.3 Å². The first-order valence-corrected chi connectivity index (χ1v) is 10.7. The van der Waals surface area contributed by atoms with Gasteiger partial charge in [0.15, 0.2) is 9.84 Å². The Labute approximate surface area is 158 Å². The third-order valence-electron chi connectivity index (χ3n) is 4.81. The maximum atomic E-state index is 13.1. The standard InChI is InChI=1S/C19H22ClNO4S/c20-15-8-10-16(11-9-15)26(23,24)18(17-7-4-12-25-17)13-21-19(22)14-5-2-1-3-6-14/h4,7-12,14,18H,1-3,5-6,13H2,(H,21,22). The highest BCUT2D eigenvalue weighted by molar-refractivity contribution is 7.91. The number of rotatable bonds is 6. The van der Waals surface area contributed by atoms with Crippen molar-refractivity contribution in [1.29, 1.82) is 0 Å². The van der Waals surface area contributed by atoms with E-state index < -0.39 is 15.1 Å². The number of furan rings is 1. The number of hydrogen-bond donors (Lipinski definition) is 1. The van der Waals surface area contributed by atoms with Gasteiger partial charge in [-0.2, -0.15) is 0 Å². The Morgan fingerprint density at radius 2 is 1.85 bits per heavy atom. The third kappa shape index (κ3) is 4.30. The van der Waals surface area contributed by atoms with Crippen molar-refractivity contribution in [1.82, 2.24) is 5.32 Å². The van der Waals surface area contributed by atoms with Crippen molar-refractivity contribution < 1.29 is 17.6 Å². The van der Waals surface area contributed by atoms with Gasteiger partial charge in [0.2, 0.25) is 5.91 Å². The molecule has 140 valence electrons. The van der Waals surface area contributed by atoms with E-state index in [2.05, 4.69) is 5.32 Å². The molecule has 0 spiro atoms. The Kier molecular flexibility index (Phi) is 6.04. The molecule has 0 bridgehead atoms. The highest BCUT2D eigenvalue weighted by atomic mass is 35.5. The molecule has 1 unspecified atom stereocenters. The van der Waals surface area contributed by atoms with Crippen LogP contribution >= 0.6 is 11.6 Å². The van der Waals surface area contributed by atoms with E-state index in [1.54, 1.807) is 12.1 Å². The number of carbonyl (C=O) groups excluding carboxylic acids is 1. The first kappa shape index (κ1) is 19.0. The summed E-state index contributed by atoms with van der Waals surface area (Å²) in [6.07, 6.45) is 6.40. The van der Waals surface area contributed by atoms with Crippen molar-refractivity contribution in [2.75, 3.05) is 6.54 Å². The summed E-state index contributed by atoms with van der Waals surface area (Å²) in [5.41, 5.74) is 0. The van der Waals surface area contributed by atoms with Gasteiger partial charge in [0.05, 0.1) is 11.2 Å². The second-order valence-corrected chi connectivity index (χ2v) is 9.15. The summed E-state index contributed by atoms with van der Waals surface area (Å²) in [5, 5.41) is 2.31. The maximum absolute atomic E-state index is 13.1. The lowest BCUT2D eigenvalue weighted by molar-refractivity contribution is -0.125. The molecule has 1 fully saturated rings. The minimum Gasteiger partial charge on any atom is -0.468 e. The van der Waals surface area contributed by atoms with Crippen molar-refractivity contribution in [3.63, 3.8) is 0 Å². The SMILES string of the molecule is O=C(NCC(c1ccco1)S(=O)(=O)c1ccc(Cl)cc1)C1CCCCC1. The Balaban J connectivity index is 1.79. The molecule has 1 aliphatic carbocycles. The van der Waals surface area contributed by atoms with Gasteiger partial charge in [0.25, 0.3) is 0 Å². The van der Waals surface area contributed by atoms with Crippen LogP contribution in [-0.2, 0) is 14.6 Å². The number of sulfone groups is 1. The zero-order chi connectivity index (χ0) is 18.6. The average Bonchev–Trinajstić information content (AvgIpc) is 3.17. The third-order valence-corrected chi connectivity index (χ3v) is 7.14. The number of nitrogens with one attached hydrogen (secondary N) is 1. The number of hydrogen-bond acceptors (Lipinski definition) is 4. The lowest BCUT2D eigenvalue weighted by atomic mass is 9.89. The fraction of sp³-hybridized carbons (Fsp3) is 0.421. The first-order chi connectivity index (χ1) is 12.5. The quantitative estimate of drug-likeness (QED) is 0.797. The Hall–Kier alpha value is -1.79. The molecule has 3 rings (SSSR count). The van der Waals surface area contributed by atoms with Gasteiger partial charge in [-0.25, -0.2) is 8.42 Å². The molecular weight excluding hydrogens is 374 g/mol. The van der Waals surface area contributed by atoms with Gasteiger partial charge >= 0.3 is 0 Å². The van der Waals surface area contributed by atoms with Crippen LogP contribution in [0, 0.1) is 5.92 Å². The second kappa shape index (κ2) is 8.27. The van der Waals surface area contributed by atoms with Gasteiger partial charge in [0.1, 0.15) is 11.0 Å². The second-order valence-electron chi connectivity index (χ2n) is 6.58. The van der Waals surface area contributed by atoms with Crippen molar-refractivity contribution in [3.8, 4) is 0 Å². The van der Waals surface area contributed by atoms with Gasteiger partial charge in [0, 0.05) is 17.5 Å². The van der Waals surface area contributed by atoms with Crippen molar-refractivity contribution in [2.45, 2.75) is 42.2 Å². The molecule has 26 heavy (non-hydrogen) atoms. The molecule has 1 atom stereocenters. The van der Waals surface area contributed by atoms with E-state index >= 15 is 0 Å². The van der Waals surface area contributed by atoms with E-state index in [4.69, 9.17) is 16.0 Å². The van der Waals surface area contributed by atoms with Crippen LogP contribution < -0.4 is 5.32 Å². The number of carbonyl (C=O) groups is 1. The molecule has 1 aromatic carbocycles. The van der Waals surface area contributed by atoms with Crippen LogP contribution in [0.3, 0.4) is 0 Å². The van der Waals surface area contributed by atoms with E-state index in [0.29, 0.717) is 10.8 Å². The highest BCUT2D eigenvalue weighted by Crippen LogP contribution is 2.30. The van der Waals surface area contributed by atoms with Gasteiger partial charge < -0.3 is 9.73 Å². The molecule has 2 aromatic rings. The zero-order valence-electron chi connectivity index (χ0n) is 14.4. The Morgan fingerprint density at radius 3 is 2.46 bits per heavy atom. The summed E-state index contributed by atoms with van der Waals surface area (Å²) >= 11 is 5.86. The molecule has 5 nitrogen and oxygen atoms in total. The summed E-state index contributed by atoms with van der Waals surface area (Å²) in [6, 6.07) is 9.27. The van der Waals surface area contributed by atoms with Crippen LogP contribution in [0.1, 0.15) is 43.1 Å². The van der Waals surface area contributed by atoms with E-state index in [9.17, 15) is 13.2 Å². The molecule has 0 aliphatic heterocycles. The van der Waals surface area contributed by atoms with Gasteiger partial charge in [-0.05, 0) is 49.2 Å². The van der Waals surface area contributed by atoms with Crippen molar-refractivity contribution >= 4 is 27.3 Å². The molecule has 1 aromatic heterocycles. The van der Waals surface area contributed by atoms with Crippen LogP contribution in [0.5, 0.6) is 0 Å². The summed E-state index contributed by atoms with van der Waals surface area (Å²) in [7, 11) is -3.73. The van der Waals surface area contributed by atoms with Crippen LogP contribution in [0.15, 0.2) is 52.0 Å². The molecule has 7 heteroatoms. The normalized spacial score (nSPS) is 17.0. The van der Waals surface area contributed by atoms with Crippen LogP contribution in [-0.4, -0.2) is 20.9 Å². The number of halogens is 1.